The van der Waals surface area contributed by atoms with Gasteiger partial charge in [-0.15, -0.1) is 0 Å². The lowest BCUT2D eigenvalue weighted by atomic mass is 10.2. The molecule has 2 rings (SSSR count). The minimum atomic E-state index is 0.0457. The molecular weight excluding hydrogens is 310 g/mol. The molecule has 0 spiro atoms. The molecule has 1 heterocycles. The molecule has 5 nitrogen and oxygen atoms in total. The number of methoxy groups -OCH3 is 1. The first-order valence-electron chi connectivity index (χ1n) is 7.35. The number of nitrogens with zero attached hydrogens (tertiary/aromatic N) is 1. The quantitative estimate of drug-likeness (QED) is 0.793. The lowest BCUT2D eigenvalue weighted by molar-refractivity contribution is 0.285. The molecule has 0 aliphatic carbocycles. The van der Waals surface area contributed by atoms with Crippen LogP contribution in [0.1, 0.15) is 12.5 Å². The number of rotatable bonds is 6. The third-order valence-corrected chi connectivity index (χ3v) is 3.40. The second-order valence-corrected chi connectivity index (χ2v) is 5.54. The molecule has 1 aromatic heterocycles. The topological polar surface area (TPSA) is 55.4 Å². The van der Waals surface area contributed by atoms with Gasteiger partial charge >= 0.3 is 0 Å². The average Bonchev–Trinajstić information content (AvgIpc) is 2.54. The zero-order valence-electron chi connectivity index (χ0n) is 13.5. The Morgan fingerprint density at radius 1 is 1.22 bits per heavy atom. The first kappa shape index (κ1) is 17.0. The van der Waals surface area contributed by atoms with Gasteiger partial charge in [0.05, 0.1) is 13.2 Å². The number of anilines is 1. The highest BCUT2D eigenvalue weighted by Gasteiger charge is 2.09. The zero-order valence-corrected chi connectivity index (χ0v) is 14.3. The van der Waals surface area contributed by atoms with Crippen molar-refractivity contribution in [2.24, 2.45) is 0 Å². The third-order valence-electron chi connectivity index (χ3n) is 3.18. The number of ether oxygens (including phenoxy) is 2. The van der Waals surface area contributed by atoms with E-state index in [4.69, 9.17) is 21.7 Å². The van der Waals surface area contributed by atoms with E-state index in [1.807, 2.05) is 44.2 Å². The maximum atomic E-state index is 5.80. The Morgan fingerprint density at radius 3 is 2.70 bits per heavy atom. The Morgan fingerprint density at radius 2 is 1.96 bits per heavy atom. The maximum Gasteiger partial charge on any atom is 0.174 e. The fourth-order valence-corrected chi connectivity index (χ4v) is 2.29. The summed E-state index contributed by atoms with van der Waals surface area (Å²) >= 11 is 5.30. The van der Waals surface area contributed by atoms with E-state index in [2.05, 4.69) is 15.6 Å². The van der Waals surface area contributed by atoms with Gasteiger partial charge in [-0.2, -0.15) is 0 Å². The molecule has 0 unspecified atom stereocenters. The van der Waals surface area contributed by atoms with Crippen LogP contribution in [-0.2, 0) is 0 Å². The number of aromatic nitrogens is 1. The van der Waals surface area contributed by atoms with Gasteiger partial charge in [0.15, 0.2) is 16.7 Å². The van der Waals surface area contributed by atoms with E-state index >= 15 is 0 Å². The molecule has 0 fully saturated rings. The number of thiocarbonyl (C=S) groups is 1. The largest absolute Gasteiger partial charge is 0.493 e. The van der Waals surface area contributed by atoms with Crippen LogP contribution >= 0.6 is 12.2 Å². The molecule has 1 aromatic carbocycles. The third kappa shape index (κ3) is 5.10. The fraction of sp³-hybridized carbons (Fsp3) is 0.294. The molecule has 2 N–H and O–H groups in total. The summed E-state index contributed by atoms with van der Waals surface area (Å²) in [4.78, 5) is 4.21. The summed E-state index contributed by atoms with van der Waals surface area (Å²) in [5.41, 5.74) is 1.11. The van der Waals surface area contributed by atoms with Gasteiger partial charge in [-0.1, -0.05) is 18.2 Å². The highest BCUT2D eigenvalue weighted by Crippen LogP contribution is 2.20. The number of benzene rings is 1. The number of nitrogens with one attached hydrogen (secondary N) is 2. The monoisotopic (exact) mass is 331 g/mol. The van der Waals surface area contributed by atoms with Crippen molar-refractivity contribution in [3.05, 3.63) is 48.2 Å². The fourth-order valence-electron chi connectivity index (χ4n) is 1.99. The summed E-state index contributed by atoms with van der Waals surface area (Å²) in [6.45, 7) is 4.53. The van der Waals surface area contributed by atoms with Crippen LogP contribution in [-0.4, -0.2) is 29.9 Å². The summed E-state index contributed by atoms with van der Waals surface area (Å²) in [7, 11) is 1.59. The molecule has 0 saturated heterocycles. The molecule has 0 amide bonds. The average molecular weight is 331 g/mol. The summed E-state index contributed by atoms with van der Waals surface area (Å²) in [5.74, 6) is 2.10. The Hall–Kier alpha value is -2.34. The molecule has 0 bridgehead atoms. The molecule has 1 atom stereocenters. The van der Waals surface area contributed by atoms with Gasteiger partial charge < -0.3 is 20.1 Å². The Balaban J connectivity index is 1.84. The van der Waals surface area contributed by atoms with E-state index in [0.29, 0.717) is 23.3 Å². The van der Waals surface area contributed by atoms with Crippen molar-refractivity contribution < 1.29 is 9.47 Å². The van der Waals surface area contributed by atoms with Crippen LogP contribution in [0.25, 0.3) is 0 Å². The van der Waals surface area contributed by atoms with Crippen LogP contribution in [0, 0.1) is 6.92 Å². The number of hydrogen-bond acceptors (Lipinski definition) is 4. The van der Waals surface area contributed by atoms with E-state index in [1.54, 1.807) is 19.4 Å². The summed E-state index contributed by atoms with van der Waals surface area (Å²) < 4.78 is 11.0. The van der Waals surface area contributed by atoms with Crippen molar-refractivity contribution in [1.82, 2.24) is 10.3 Å². The first-order chi connectivity index (χ1) is 11.1. The van der Waals surface area contributed by atoms with Gasteiger partial charge in [0.1, 0.15) is 12.4 Å². The summed E-state index contributed by atoms with van der Waals surface area (Å²) in [5, 5.41) is 6.67. The lowest BCUT2D eigenvalue weighted by Crippen LogP contribution is -2.39. The molecule has 0 radical (unpaired) electrons. The molecule has 0 saturated carbocycles. The standard InChI is InChI=1S/C17H21N3O2S/c1-12-7-4-5-8-14(12)22-11-13(2)19-17(23)20-16-15(21-3)9-6-10-18-16/h4-10,13H,11H2,1-3H3,(H2,18,19,20,23)/t13-/m1/s1. The van der Waals surface area contributed by atoms with Crippen LogP contribution in [0.4, 0.5) is 5.82 Å². The van der Waals surface area contributed by atoms with Gasteiger partial charge in [-0.05, 0) is 49.8 Å². The van der Waals surface area contributed by atoms with Crippen molar-refractivity contribution in [2.45, 2.75) is 19.9 Å². The van der Waals surface area contributed by atoms with E-state index < -0.39 is 0 Å². The second kappa shape index (κ2) is 8.33. The summed E-state index contributed by atoms with van der Waals surface area (Å²) in [6, 6.07) is 11.6. The summed E-state index contributed by atoms with van der Waals surface area (Å²) in [6.07, 6.45) is 1.68. The van der Waals surface area contributed by atoms with E-state index in [1.165, 1.54) is 0 Å². The first-order valence-corrected chi connectivity index (χ1v) is 7.76. The van der Waals surface area contributed by atoms with Crippen molar-refractivity contribution in [3.63, 3.8) is 0 Å². The predicted octanol–water partition coefficient (Wildman–Crippen LogP) is 3.15. The van der Waals surface area contributed by atoms with Gasteiger partial charge in [0, 0.05) is 6.20 Å². The van der Waals surface area contributed by atoms with Gasteiger partial charge in [0.2, 0.25) is 0 Å². The molecule has 23 heavy (non-hydrogen) atoms. The second-order valence-electron chi connectivity index (χ2n) is 5.13. The van der Waals surface area contributed by atoms with Crippen molar-refractivity contribution in [2.75, 3.05) is 19.0 Å². The van der Waals surface area contributed by atoms with Crippen molar-refractivity contribution >= 4 is 23.1 Å². The molecule has 0 aliphatic heterocycles. The van der Waals surface area contributed by atoms with Crippen molar-refractivity contribution in [3.8, 4) is 11.5 Å². The SMILES string of the molecule is COc1cccnc1NC(=S)N[C@H](C)COc1ccccc1C. The van der Waals surface area contributed by atoms with Crippen LogP contribution < -0.4 is 20.1 Å². The maximum absolute atomic E-state index is 5.80. The van der Waals surface area contributed by atoms with Gasteiger partial charge in [-0.25, -0.2) is 4.98 Å². The number of pyridine rings is 1. The molecular formula is C17H21N3O2S. The highest BCUT2D eigenvalue weighted by atomic mass is 32.1. The Bertz CT molecular complexity index is 664. The lowest BCUT2D eigenvalue weighted by Gasteiger charge is -2.18. The van der Waals surface area contributed by atoms with E-state index in [9.17, 15) is 0 Å². The van der Waals surface area contributed by atoms with Crippen LogP contribution in [0.3, 0.4) is 0 Å². The van der Waals surface area contributed by atoms with Crippen LogP contribution in [0.2, 0.25) is 0 Å². The number of para-hydroxylation sites is 1. The molecule has 2 aromatic rings. The van der Waals surface area contributed by atoms with Gasteiger partial charge in [-0.3, -0.25) is 0 Å². The minimum absolute atomic E-state index is 0.0457. The Labute approximate surface area is 142 Å². The van der Waals surface area contributed by atoms with Crippen LogP contribution in [0.15, 0.2) is 42.6 Å². The molecule has 0 aliphatic rings. The normalized spacial score (nSPS) is 11.4. The molecule has 122 valence electrons. The predicted molar refractivity (Wildman–Crippen MR) is 96.3 cm³/mol. The smallest absolute Gasteiger partial charge is 0.174 e. The van der Waals surface area contributed by atoms with E-state index in [-0.39, 0.29) is 6.04 Å². The molecule has 6 heteroatoms. The zero-order chi connectivity index (χ0) is 16.7. The highest BCUT2D eigenvalue weighted by molar-refractivity contribution is 7.80. The minimum Gasteiger partial charge on any atom is -0.493 e. The Kier molecular flexibility index (Phi) is 6.17. The van der Waals surface area contributed by atoms with Crippen molar-refractivity contribution in [1.29, 1.82) is 0 Å². The number of hydrogen-bond donors (Lipinski definition) is 2. The van der Waals surface area contributed by atoms with E-state index in [0.717, 1.165) is 11.3 Å². The number of aryl methyl sites for hydroxylation is 1. The van der Waals surface area contributed by atoms with Gasteiger partial charge in [0.25, 0.3) is 0 Å². The van der Waals surface area contributed by atoms with Crippen LogP contribution in [0.5, 0.6) is 11.5 Å².